The van der Waals surface area contributed by atoms with Gasteiger partial charge in [0, 0.05) is 44.6 Å². The molecule has 24 heavy (non-hydrogen) atoms. The lowest BCUT2D eigenvalue weighted by molar-refractivity contribution is 0.0994. The average Bonchev–Trinajstić information content (AvgIpc) is 3.05. The van der Waals surface area contributed by atoms with Crippen molar-refractivity contribution in [3.63, 3.8) is 0 Å². The Bertz CT molecular complexity index is 697. The lowest BCUT2D eigenvalue weighted by Gasteiger charge is -2.31. The number of amides is 1. The second-order valence-corrected chi connectivity index (χ2v) is 6.81. The molecule has 3 rings (SSSR count). The highest BCUT2D eigenvalue weighted by atomic mass is 32.1. The zero-order valence-corrected chi connectivity index (χ0v) is 14.5. The molecule has 1 amide bonds. The van der Waals surface area contributed by atoms with E-state index in [1.165, 1.54) is 0 Å². The topological polar surface area (TPSA) is 94.2 Å². The van der Waals surface area contributed by atoms with Gasteiger partial charge in [-0.05, 0) is 12.5 Å². The molecule has 3 heterocycles. The van der Waals surface area contributed by atoms with E-state index < -0.39 is 5.91 Å². The van der Waals surface area contributed by atoms with Crippen LogP contribution in [0.4, 0.5) is 5.13 Å². The Balaban J connectivity index is 1.55. The van der Waals surface area contributed by atoms with Crippen LogP contribution < -0.4 is 15.4 Å². The largest absolute Gasteiger partial charge is 0.490 e. The molecule has 1 aliphatic rings. The van der Waals surface area contributed by atoms with Crippen LogP contribution in [0.2, 0.25) is 0 Å². The van der Waals surface area contributed by atoms with Crippen LogP contribution in [0.1, 0.15) is 41.7 Å². The van der Waals surface area contributed by atoms with E-state index in [4.69, 9.17) is 10.5 Å². The summed E-state index contributed by atoms with van der Waals surface area (Å²) in [5, 5.41) is 10.6. The summed E-state index contributed by atoms with van der Waals surface area (Å²) >= 11 is 1.68. The standard InChI is InChI=1S/C16H21N5O2S/c1-2-3-14-19-20-16(24-14)21-8-5-11(6-9-21)23-12-4-7-18-13(10-12)15(17)22/h4,7,10-11H,2-3,5-6,8-9H2,1H3,(H2,17,22). The van der Waals surface area contributed by atoms with Crippen molar-refractivity contribution in [2.24, 2.45) is 5.73 Å². The molecule has 0 aliphatic carbocycles. The number of primary amides is 1. The quantitative estimate of drug-likeness (QED) is 0.859. The highest BCUT2D eigenvalue weighted by Gasteiger charge is 2.23. The fraction of sp³-hybridized carbons (Fsp3) is 0.500. The van der Waals surface area contributed by atoms with Gasteiger partial charge in [-0.2, -0.15) is 0 Å². The monoisotopic (exact) mass is 347 g/mol. The number of hydrogen-bond donors (Lipinski definition) is 1. The highest BCUT2D eigenvalue weighted by molar-refractivity contribution is 7.15. The maximum Gasteiger partial charge on any atom is 0.267 e. The number of hydrogen-bond acceptors (Lipinski definition) is 7. The number of carbonyl (C=O) groups is 1. The molecule has 0 radical (unpaired) electrons. The Morgan fingerprint density at radius 3 is 2.92 bits per heavy atom. The van der Waals surface area contributed by atoms with E-state index in [0.717, 1.165) is 48.9 Å². The number of nitrogens with zero attached hydrogens (tertiary/aromatic N) is 4. The van der Waals surface area contributed by atoms with Crippen LogP contribution in [-0.4, -0.2) is 40.3 Å². The highest BCUT2D eigenvalue weighted by Crippen LogP contribution is 2.26. The maximum atomic E-state index is 11.2. The molecule has 128 valence electrons. The second-order valence-electron chi connectivity index (χ2n) is 5.77. The lowest BCUT2D eigenvalue weighted by Crippen LogP contribution is -2.38. The molecule has 0 unspecified atom stereocenters. The van der Waals surface area contributed by atoms with Crippen LogP contribution in [0, 0.1) is 0 Å². The van der Waals surface area contributed by atoms with Gasteiger partial charge in [-0.3, -0.25) is 9.78 Å². The third-order valence-corrected chi connectivity index (χ3v) is 4.96. The fourth-order valence-electron chi connectivity index (χ4n) is 2.66. The van der Waals surface area contributed by atoms with Crippen LogP contribution in [-0.2, 0) is 6.42 Å². The molecule has 0 aromatic carbocycles. The van der Waals surface area contributed by atoms with Gasteiger partial charge in [0.15, 0.2) is 0 Å². The Kier molecular flexibility index (Phi) is 5.24. The average molecular weight is 347 g/mol. The third kappa shape index (κ3) is 4.00. The van der Waals surface area contributed by atoms with E-state index in [1.807, 2.05) is 0 Å². The van der Waals surface area contributed by atoms with Crippen LogP contribution in [0.5, 0.6) is 5.75 Å². The second kappa shape index (κ2) is 7.57. The summed E-state index contributed by atoms with van der Waals surface area (Å²) in [6, 6.07) is 3.34. The molecule has 0 saturated carbocycles. The number of carbonyl (C=O) groups excluding carboxylic acids is 1. The number of aromatic nitrogens is 3. The SMILES string of the molecule is CCCc1nnc(N2CCC(Oc3ccnc(C(N)=O)c3)CC2)s1. The summed E-state index contributed by atoms with van der Waals surface area (Å²) in [5.74, 6) is 0.0906. The van der Waals surface area contributed by atoms with Crippen molar-refractivity contribution < 1.29 is 9.53 Å². The van der Waals surface area contributed by atoms with Gasteiger partial charge in [0.05, 0.1) is 0 Å². The molecule has 0 bridgehead atoms. The first kappa shape index (κ1) is 16.6. The van der Waals surface area contributed by atoms with Gasteiger partial charge in [-0.15, -0.1) is 10.2 Å². The Morgan fingerprint density at radius 1 is 1.42 bits per heavy atom. The number of aryl methyl sites for hydroxylation is 1. The summed E-state index contributed by atoms with van der Waals surface area (Å²) < 4.78 is 5.97. The minimum atomic E-state index is -0.547. The first-order valence-electron chi connectivity index (χ1n) is 8.15. The first-order valence-corrected chi connectivity index (χ1v) is 8.97. The number of nitrogens with two attached hydrogens (primary N) is 1. The minimum Gasteiger partial charge on any atom is -0.490 e. The summed E-state index contributed by atoms with van der Waals surface area (Å²) in [7, 11) is 0. The van der Waals surface area contributed by atoms with Gasteiger partial charge in [-0.1, -0.05) is 18.3 Å². The van der Waals surface area contributed by atoms with Crippen molar-refractivity contribution in [1.82, 2.24) is 15.2 Å². The van der Waals surface area contributed by atoms with E-state index in [9.17, 15) is 4.79 Å². The fourth-order valence-corrected chi connectivity index (χ4v) is 3.66. The van der Waals surface area contributed by atoms with Gasteiger partial charge in [0.25, 0.3) is 5.91 Å². The van der Waals surface area contributed by atoms with E-state index >= 15 is 0 Å². The van der Waals surface area contributed by atoms with E-state index in [2.05, 4.69) is 27.0 Å². The van der Waals surface area contributed by atoms with Gasteiger partial charge < -0.3 is 15.4 Å². The molecule has 8 heteroatoms. The number of rotatable bonds is 6. The lowest BCUT2D eigenvalue weighted by atomic mass is 10.1. The Hall–Kier alpha value is -2.22. The molecule has 0 spiro atoms. The number of ether oxygens (including phenoxy) is 1. The van der Waals surface area contributed by atoms with Crippen LogP contribution in [0.15, 0.2) is 18.3 Å². The molecule has 2 aromatic rings. The normalized spacial score (nSPS) is 15.5. The van der Waals surface area contributed by atoms with Crippen LogP contribution in [0.3, 0.4) is 0 Å². The minimum absolute atomic E-state index is 0.118. The molecule has 2 aromatic heterocycles. The molecular weight excluding hydrogens is 326 g/mol. The van der Waals surface area contributed by atoms with Crippen molar-refractivity contribution in [3.05, 3.63) is 29.0 Å². The first-order chi connectivity index (χ1) is 11.7. The molecule has 1 saturated heterocycles. The maximum absolute atomic E-state index is 11.2. The Labute approximate surface area is 144 Å². The molecule has 0 atom stereocenters. The predicted molar refractivity (Wildman–Crippen MR) is 92.5 cm³/mol. The number of pyridine rings is 1. The Morgan fingerprint density at radius 2 is 2.21 bits per heavy atom. The smallest absolute Gasteiger partial charge is 0.267 e. The zero-order chi connectivity index (χ0) is 16.9. The van der Waals surface area contributed by atoms with Crippen molar-refractivity contribution in [3.8, 4) is 5.75 Å². The van der Waals surface area contributed by atoms with Gasteiger partial charge in [0.2, 0.25) is 5.13 Å². The van der Waals surface area contributed by atoms with Crippen LogP contribution in [0.25, 0.3) is 0 Å². The molecule has 7 nitrogen and oxygen atoms in total. The molecular formula is C16H21N5O2S. The molecule has 2 N–H and O–H groups in total. The predicted octanol–water partition coefficient (Wildman–Crippen LogP) is 2.03. The van der Waals surface area contributed by atoms with Gasteiger partial charge in [-0.25, -0.2) is 0 Å². The van der Waals surface area contributed by atoms with Crippen molar-refractivity contribution in [2.45, 2.75) is 38.7 Å². The zero-order valence-electron chi connectivity index (χ0n) is 13.6. The molecule has 1 aliphatic heterocycles. The van der Waals surface area contributed by atoms with Gasteiger partial charge in [0.1, 0.15) is 22.6 Å². The molecule has 1 fully saturated rings. The van der Waals surface area contributed by atoms with Crippen molar-refractivity contribution in [2.75, 3.05) is 18.0 Å². The van der Waals surface area contributed by atoms with Crippen molar-refractivity contribution >= 4 is 22.4 Å². The summed E-state index contributed by atoms with van der Waals surface area (Å²) in [6.45, 7) is 3.92. The third-order valence-electron chi connectivity index (χ3n) is 3.92. The number of anilines is 1. The number of piperidine rings is 1. The van der Waals surface area contributed by atoms with Crippen molar-refractivity contribution in [1.29, 1.82) is 0 Å². The summed E-state index contributed by atoms with van der Waals surface area (Å²) in [5.41, 5.74) is 5.47. The van der Waals surface area contributed by atoms with E-state index in [1.54, 1.807) is 29.7 Å². The summed E-state index contributed by atoms with van der Waals surface area (Å²) in [6.07, 6.45) is 5.53. The summed E-state index contributed by atoms with van der Waals surface area (Å²) in [4.78, 5) is 17.4. The van der Waals surface area contributed by atoms with E-state index in [0.29, 0.717) is 5.75 Å². The van der Waals surface area contributed by atoms with E-state index in [-0.39, 0.29) is 11.8 Å². The van der Waals surface area contributed by atoms with Gasteiger partial charge >= 0.3 is 0 Å². The van der Waals surface area contributed by atoms with Crippen LogP contribution >= 0.6 is 11.3 Å².